The molecule has 100 valence electrons. The zero-order chi connectivity index (χ0) is 13.1. The van der Waals surface area contributed by atoms with Crippen molar-refractivity contribution in [1.29, 1.82) is 0 Å². The van der Waals surface area contributed by atoms with E-state index in [1.54, 1.807) is 7.11 Å². The van der Waals surface area contributed by atoms with E-state index < -0.39 is 0 Å². The van der Waals surface area contributed by atoms with Crippen molar-refractivity contribution in [2.45, 2.75) is 25.9 Å². The second kappa shape index (κ2) is 6.04. The number of methoxy groups -OCH3 is 1. The molecule has 4 heteroatoms. The Labute approximate surface area is 117 Å². The minimum Gasteiger partial charge on any atom is -0.496 e. The van der Waals surface area contributed by atoms with E-state index in [0.717, 1.165) is 29.9 Å². The maximum absolute atomic E-state index is 5.97. The van der Waals surface area contributed by atoms with Gasteiger partial charge in [0.2, 0.25) is 0 Å². The van der Waals surface area contributed by atoms with Gasteiger partial charge in [0.25, 0.3) is 0 Å². The SMILES string of the molecule is COc1ccc(Br)cc1CN1CCC(C(C)N)C1. The van der Waals surface area contributed by atoms with Gasteiger partial charge in [0.05, 0.1) is 7.11 Å². The number of hydrogen-bond acceptors (Lipinski definition) is 3. The van der Waals surface area contributed by atoms with E-state index in [4.69, 9.17) is 10.5 Å². The minimum atomic E-state index is 0.291. The Bertz CT molecular complexity index is 409. The Morgan fingerprint density at radius 1 is 1.56 bits per heavy atom. The van der Waals surface area contributed by atoms with Crippen molar-refractivity contribution >= 4 is 15.9 Å². The lowest BCUT2D eigenvalue weighted by Crippen LogP contribution is -2.29. The van der Waals surface area contributed by atoms with Crippen LogP contribution >= 0.6 is 15.9 Å². The molecule has 2 unspecified atom stereocenters. The van der Waals surface area contributed by atoms with Crippen molar-refractivity contribution in [2.24, 2.45) is 11.7 Å². The van der Waals surface area contributed by atoms with E-state index in [2.05, 4.69) is 33.8 Å². The van der Waals surface area contributed by atoms with Gasteiger partial charge in [0.1, 0.15) is 5.75 Å². The van der Waals surface area contributed by atoms with Crippen LogP contribution in [0, 0.1) is 5.92 Å². The van der Waals surface area contributed by atoms with Gasteiger partial charge in [-0.15, -0.1) is 0 Å². The van der Waals surface area contributed by atoms with Crippen molar-refractivity contribution in [1.82, 2.24) is 4.90 Å². The van der Waals surface area contributed by atoms with Crippen molar-refractivity contribution in [3.63, 3.8) is 0 Å². The molecule has 0 saturated carbocycles. The summed E-state index contributed by atoms with van der Waals surface area (Å²) in [7, 11) is 1.72. The normalized spacial score (nSPS) is 22.1. The summed E-state index contributed by atoms with van der Waals surface area (Å²) in [5.41, 5.74) is 7.21. The van der Waals surface area contributed by atoms with Crippen molar-refractivity contribution in [3.8, 4) is 5.75 Å². The summed E-state index contributed by atoms with van der Waals surface area (Å²) < 4.78 is 6.51. The summed E-state index contributed by atoms with van der Waals surface area (Å²) >= 11 is 3.52. The number of nitrogens with zero attached hydrogens (tertiary/aromatic N) is 1. The van der Waals surface area contributed by atoms with Gasteiger partial charge < -0.3 is 10.5 Å². The van der Waals surface area contributed by atoms with Gasteiger partial charge in [0.15, 0.2) is 0 Å². The van der Waals surface area contributed by atoms with E-state index >= 15 is 0 Å². The smallest absolute Gasteiger partial charge is 0.123 e. The van der Waals surface area contributed by atoms with Gasteiger partial charge in [-0.1, -0.05) is 15.9 Å². The van der Waals surface area contributed by atoms with E-state index in [-0.39, 0.29) is 0 Å². The number of nitrogens with two attached hydrogens (primary N) is 1. The topological polar surface area (TPSA) is 38.5 Å². The highest BCUT2D eigenvalue weighted by Crippen LogP contribution is 2.27. The maximum atomic E-state index is 5.97. The summed E-state index contributed by atoms with van der Waals surface area (Å²) in [6, 6.07) is 6.45. The molecule has 2 atom stereocenters. The van der Waals surface area contributed by atoms with Crippen LogP contribution in [0.15, 0.2) is 22.7 Å². The van der Waals surface area contributed by atoms with Crippen LogP contribution in [0.4, 0.5) is 0 Å². The summed E-state index contributed by atoms with van der Waals surface area (Å²) in [5, 5.41) is 0. The zero-order valence-electron chi connectivity index (χ0n) is 11.0. The van der Waals surface area contributed by atoms with Gasteiger partial charge in [-0.25, -0.2) is 0 Å². The van der Waals surface area contributed by atoms with Gasteiger partial charge in [-0.3, -0.25) is 4.90 Å². The lowest BCUT2D eigenvalue weighted by atomic mass is 10.0. The van der Waals surface area contributed by atoms with Crippen LogP contribution < -0.4 is 10.5 Å². The van der Waals surface area contributed by atoms with Crippen LogP contribution in [0.25, 0.3) is 0 Å². The van der Waals surface area contributed by atoms with Crippen molar-refractivity contribution < 1.29 is 4.74 Å². The van der Waals surface area contributed by atoms with Crippen molar-refractivity contribution in [3.05, 3.63) is 28.2 Å². The van der Waals surface area contributed by atoms with Gasteiger partial charge in [-0.05, 0) is 44.0 Å². The number of likely N-dealkylation sites (tertiary alicyclic amines) is 1. The molecule has 2 rings (SSSR count). The number of halogens is 1. The highest BCUT2D eigenvalue weighted by atomic mass is 79.9. The first-order valence-electron chi connectivity index (χ1n) is 6.40. The van der Waals surface area contributed by atoms with Crippen LogP contribution in [-0.4, -0.2) is 31.1 Å². The quantitative estimate of drug-likeness (QED) is 0.929. The Balaban J connectivity index is 2.04. The third-order valence-corrected chi connectivity index (χ3v) is 4.18. The summed E-state index contributed by atoms with van der Waals surface area (Å²) in [5.74, 6) is 1.59. The molecule has 1 heterocycles. The highest BCUT2D eigenvalue weighted by molar-refractivity contribution is 9.10. The first-order valence-corrected chi connectivity index (χ1v) is 7.20. The molecule has 3 nitrogen and oxygen atoms in total. The maximum Gasteiger partial charge on any atom is 0.123 e. The molecular weight excluding hydrogens is 292 g/mol. The third kappa shape index (κ3) is 3.25. The van der Waals surface area contributed by atoms with E-state index in [1.165, 1.54) is 12.0 Å². The molecule has 1 fully saturated rings. The molecule has 0 bridgehead atoms. The molecule has 0 amide bonds. The van der Waals surface area contributed by atoms with E-state index in [0.29, 0.717) is 12.0 Å². The van der Waals surface area contributed by atoms with Gasteiger partial charge in [-0.2, -0.15) is 0 Å². The number of rotatable bonds is 4. The second-order valence-electron chi connectivity index (χ2n) is 5.10. The Hall–Kier alpha value is -0.580. The van der Waals surface area contributed by atoms with Crippen LogP contribution in [0.1, 0.15) is 18.9 Å². The third-order valence-electron chi connectivity index (χ3n) is 3.69. The second-order valence-corrected chi connectivity index (χ2v) is 6.01. The largest absolute Gasteiger partial charge is 0.496 e. The predicted octanol–water partition coefficient (Wildman–Crippen LogP) is 2.63. The molecule has 1 aliphatic rings. The molecule has 0 spiro atoms. The predicted molar refractivity (Wildman–Crippen MR) is 77.7 cm³/mol. The molecule has 1 aliphatic heterocycles. The summed E-state index contributed by atoms with van der Waals surface area (Å²) in [6.45, 7) is 5.26. The summed E-state index contributed by atoms with van der Waals surface area (Å²) in [6.07, 6.45) is 1.20. The molecule has 1 aromatic rings. The fraction of sp³-hybridized carbons (Fsp3) is 0.571. The molecule has 1 saturated heterocycles. The first kappa shape index (κ1) is 13.8. The molecule has 1 aromatic carbocycles. The van der Waals surface area contributed by atoms with Gasteiger partial charge in [0, 0.05) is 29.2 Å². The molecule has 0 aliphatic carbocycles. The lowest BCUT2D eigenvalue weighted by Gasteiger charge is -2.19. The number of ether oxygens (including phenoxy) is 1. The fourth-order valence-corrected chi connectivity index (χ4v) is 2.96. The average molecular weight is 313 g/mol. The highest BCUT2D eigenvalue weighted by Gasteiger charge is 2.25. The molecular formula is C14H21BrN2O. The Morgan fingerprint density at radius 2 is 2.33 bits per heavy atom. The first-order chi connectivity index (χ1) is 8.60. The van der Waals surface area contributed by atoms with Crippen LogP contribution in [0.5, 0.6) is 5.75 Å². The van der Waals surface area contributed by atoms with Crippen molar-refractivity contribution in [2.75, 3.05) is 20.2 Å². The molecule has 2 N–H and O–H groups in total. The molecule has 0 radical (unpaired) electrons. The monoisotopic (exact) mass is 312 g/mol. The summed E-state index contributed by atoms with van der Waals surface area (Å²) in [4.78, 5) is 2.46. The van der Waals surface area contributed by atoms with Crippen LogP contribution in [0.3, 0.4) is 0 Å². The number of hydrogen-bond donors (Lipinski definition) is 1. The Morgan fingerprint density at radius 3 is 2.94 bits per heavy atom. The average Bonchev–Trinajstić information content (AvgIpc) is 2.78. The van der Waals surface area contributed by atoms with E-state index in [9.17, 15) is 0 Å². The number of benzene rings is 1. The standard InChI is InChI=1S/C14H21BrN2O/c1-10(16)11-5-6-17(8-11)9-12-7-13(15)3-4-14(12)18-2/h3-4,7,10-11H,5-6,8-9,16H2,1-2H3. The lowest BCUT2D eigenvalue weighted by molar-refractivity contribution is 0.301. The Kier molecular flexibility index (Phi) is 4.65. The fourth-order valence-electron chi connectivity index (χ4n) is 2.55. The minimum absolute atomic E-state index is 0.291. The zero-order valence-corrected chi connectivity index (χ0v) is 12.6. The van der Waals surface area contributed by atoms with Crippen LogP contribution in [-0.2, 0) is 6.54 Å². The molecule has 18 heavy (non-hydrogen) atoms. The van der Waals surface area contributed by atoms with Crippen LogP contribution in [0.2, 0.25) is 0 Å². The molecule has 0 aromatic heterocycles. The van der Waals surface area contributed by atoms with Gasteiger partial charge >= 0.3 is 0 Å². The van der Waals surface area contributed by atoms with E-state index in [1.807, 2.05) is 12.1 Å².